The average molecular weight is 557 g/mol. The molecule has 3 aliphatic heterocycles. The van der Waals surface area contributed by atoms with Crippen LogP contribution in [-0.2, 0) is 16.1 Å². The summed E-state index contributed by atoms with van der Waals surface area (Å²) in [4.78, 5) is 32.7. The van der Waals surface area contributed by atoms with Gasteiger partial charge in [-0.2, -0.15) is 0 Å². The Morgan fingerprint density at radius 3 is 2.31 bits per heavy atom. The van der Waals surface area contributed by atoms with Crippen molar-refractivity contribution < 1.29 is 19.1 Å². The van der Waals surface area contributed by atoms with Crippen molar-refractivity contribution in [1.29, 1.82) is 0 Å². The Bertz CT molecular complexity index is 1070. The number of likely N-dealkylation sites (tertiary alicyclic amines) is 2. The van der Waals surface area contributed by atoms with Crippen LogP contribution in [-0.4, -0.2) is 86.2 Å². The van der Waals surface area contributed by atoms with Crippen molar-refractivity contribution in [2.75, 3.05) is 59.6 Å². The molecule has 0 saturated carbocycles. The minimum absolute atomic E-state index is 0. The number of urea groups is 1. The number of carbonyl (C=O) groups excluding carboxylic acids is 2. The van der Waals surface area contributed by atoms with E-state index in [1.165, 1.54) is 0 Å². The standard InChI is InChI=1S/C30H40N4O4.ClH/c1-37-26-9-7-24(8-10-26)23-34-18-14-30(28(34)35)12-16-32(17-13-30)15-11-27(25-5-3-2-4-6-25)31-29(36)33-19-21-38-22-20-33;/h2-10,27H,11-23H2,1H3,(H,31,36);1H/t27-;/m0./s1. The minimum Gasteiger partial charge on any atom is -0.497 e. The summed E-state index contributed by atoms with van der Waals surface area (Å²) in [5.74, 6) is 1.15. The molecule has 1 atom stereocenters. The van der Waals surface area contributed by atoms with Gasteiger partial charge in [0.2, 0.25) is 5.91 Å². The first kappa shape index (κ1) is 29.2. The smallest absolute Gasteiger partial charge is 0.318 e. The first-order chi connectivity index (χ1) is 18.6. The van der Waals surface area contributed by atoms with E-state index in [4.69, 9.17) is 9.47 Å². The van der Waals surface area contributed by atoms with Gasteiger partial charge < -0.3 is 29.5 Å². The molecule has 0 unspecified atom stereocenters. The highest BCUT2D eigenvalue weighted by atomic mass is 35.5. The fourth-order valence-electron chi connectivity index (χ4n) is 5.99. The Hall–Kier alpha value is -2.81. The third kappa shape index (κ3) is 7.04. The number of hydrogen-bond acceptors (Lipinski definition) is 5. The van der Waals surface area contributed by atoms with Crippen LogP contribution in [0.25, 0.3) is 0 Å². The van der Waals surface area contributed by atoms with Crippen molar-refractivity contribution in [2.24, 2.45) is 5.41 Å². The van der Waals surface area contributed by atoms with Crippen molar-refractivity contribution in [3.8, 4) is 5.75 Å². The highest BCUT2D eigenvalue weighted by molar-refractivity contribution is 5.85. The van der Waals surface area contributed by atoms with Crippen LogP contribution in [0.5, 0.6) is 5.75 Å². The van der Waals surface area contributed by atoms with E-state index in [1.54, 1.807) is 7.11 Å². The Balaban J connectivity index is 0.00000353. The predicted molar refractivity (Wildman–Crippen MR) is 153 cm³/mol. The molecular weight excluding hydrogens is 516 g/mol. The first-order valence-corrected chi connectivity index (χ1v) is 13.9. The van der Waals surface area contributed by atoms with Gasteiger partial charge in [-0.25, -0.2) is 4.79 Å². The number of carbonyl (C=O) groups is 2. The van der Waals surface area contributed by atoms with E-state index in [-0.39, 0.29) is 29.9 Å². The van der Waals surface area contributed by atoms with Gasteiger partial charge in [-0.15, -0.1) is 12.4 Å². The van der Waals surface area contributed by atoms with E-state index >= 15 is 0 Å². The molecule has 1 spiro atoms. The molecule has 39 heavy (non-hydrogen) atoms. The number of hydrogen-bond donors (Lipinski definition) is 1. The van der Waals surface area contributed by atoms with E-state index in [2.05, 4.69) is 22.3 Å². The summed E-state index contributed by atoms with van der Waals surface area (Å²) in [5.41, 5.74) is 2.05. The number of amides is 3. The summed E-state index contributed by atoms with van der Waals surface area (Å²) >= 11 is 0. The van der Waals surface area contributed by atoms with E-state index < -0.39 is 0 Å². The maximum absolute atomic E-state index is 13.5. The summed E-state index contributed by atoms with van der Waals surface area (Å²) in [7, 11) is 1.67. The lowest BCUT2D eigenvalue weighted by Crippen LogP contribution is -2.48. The average Bonchev–Trinajstić information content (AvgIpc) is 3.27. The van der Waals surface area contributed by atoms with Crippen LogP contribution in [0.3, 0.4) is 0 Å². The minimum atomic E-state index is -0.216. The Morgan fingerprint density at radius 1 is 0.974 bits per heavy atom. The van der Waals surface area contributed by atoms with E-state index in [9.17, 15) is 9.59 Å². The molecule has 3 aliphatic rings. The second-order valence-corrected chi connectivity index (χ2v) is 10.7. The number of methoxy groups -OCH3 is 1. The summed E-state index contributed by atoms with van der Waals surface area (Å²) in [6.45, 7) is 6.66. The van der Waals surface area contributed by atoms with Gasteiger partial charge in [-0.05, 0) is 62.0 Å². The van der Waals surface area contributed by atoms with Crippen molar-refractivity contribution in [1.82, 2.24) is 20.0 Å². The van der Waals surface area contributed by atoms with E-state index in [1.807, 2.05) is 52.3 Å². The van der Waals surface area contributed by atoms with Crippen LogP contribution >= 0.6 is 12.4 Å². The summed E-state index contributed by atoms with van der Waals surface area (Å²) < 4.78 is 10.7. The monoisotopic (exact) mass is 556 g/mol. The highest BCUT2D eigenvalue weighted by Crippen LogP contribution is 2.42. The van der Waals surface area contributed by atoms with Gasteiger partial charge in [0.15, 0.2) is 0 Å². The molecule has 3 saturated heterocycles. The summed E-state index contributed by atoms with van der Waals surface area (Å²) in [6.07, 6.45) is 3.59. The van der Waals surface area contributed by atoms with Crippen LogP contribution in [0.2, 0.25) is 0 Å². The normalized spacial score (nSPS) is 20.0. The Morgan fingerprint density at radius 2 is 1.64 bits per heavy atom. The molecule has 2 aromatic carbocycles. The maximum atomic E-state index is 13.5. The van der Waals surface area contributed by atoms with Crippen LogP contribution in [0, 0.1) is 5.41 Å². The lowest BCUT2D eigenvalue weighted by molar-refractivity contribution is -0.138. The van der Waals surface area contributed by atoms with E-state index in [0.29, 0.717) is 38.8 Å². The molecule has 2 aromatic rings. The second kappa shape index (κ2) is 13.5. The van der Waals surface area contributed by atoms with Crippen molar-refractivity contribution in [3.05, 3.63) is 65.7 Å². The van der Waals surface area contributed by atoms with E-state index in [0.717, 1.165) is 68.7 Å². The molecule has 0 aliphatic carbocycles. The number of nitrogens with zero attached hydrogens (tertiary/aromatic N) is 3. The highest BCUT2D eigenvalue weighted by Gasteiger charge is 2.47. The van der Waals surface area contributed by atoms with Crippen LogP contribution in [0.15, 0.2) is 54.6 Å². The topological polar surface area (TPSA) is 74.3 Å². The molecule has 0 bridgehead atoms. The maximum Gasteiger partial charge on any atom is 0.318 e. The molecule has 0 radical (unpaired) electrons. The lowest BCUT2D eigenvalue weighted by atomic mass is 9.77. The number of morpholine rings is 1. The fraction of sp³-hybridized carbons (Fsp3) is 0.533. The van der Waals surface area contributed by atoms with Gasteiger partial charge in [-0.1, -0.05) is 42.5 Å². The molecule has 3 amide bonds. The van der Waals surface area contributed by atoms with Gasteiger partial charge in [0.05, 0.1) is 31.8 Å². The van der Waals surface area contributed by atoms with Crippen molar-refractivity contribution in [3.63, 3.8) is 0 Å². The molecule has 5 rings (SSSR count). The SMILES string of the molecule is COc1ccc(CN2CCC3(CCN(CC[C@H](NC(=O)N4CCOCC4)c4ccccc4)CC3)C2=O)cc1.Cl. The quantitative estimate of drug-likeness (QED) is 0.530. The first-order valence-electron chi connectivity index (χ1n) is 13.9. The van der Waals surface area contributed by atoms with Crippen LogP contribution < -0.4 is 10.1 Å². The van der Waals surface area contributed by atoms with Crippen molar-refractivity contribution >= 4 is 24.3 Å². The zero-order valence-electron chi connectivity index (χ0n) is 22.8. The van der Waals surface area contributed by atoms with Crippen LogP contribution in [0.1, 0.15) is 42.9 Å². The molecule has 8 nitrogen and oxygen atoms in total. The summed E-state index contributed by atoms with van der Waals surface area (Å²) in [6, 6.07) is 18.2. The number of rotatable bonds is 8. The predicted octanol–water partition coefficient (Wildman–Crippen LogP) is 4.10. The van der Waals surface area contributed by atoms with Crippen LogP contribution in [0.4, 0.5) is 4.79 Å². The molecule has 212 valence electrons. The zero-order valence-corrected chi connectivity index (χ0v) is 23.7. The number of ether oxygens (including phenoxy) is 2. The molecule has 9 heteroatoms. The van der Waals surface area contributed by atoms with Gasteiger partial charge in [0.25, 0.3) is 0 Å². The molecule has 0 aromatic heterocycles. The van der Waals surface area contributed by atoms with Gasteiger partial charge in [0.1, 0.15) is 5.75 Å². The number of benzene rings is 2. The molecule has 3 heterocycles. The molecule has 1 N–H and O–H groups in total. The van der Waals surface area contributed by atoms with Crippen molar-refractivity contribution in [2.45, 2.75) is 38.3 Å². The third-order valence-corrected chi connectivity index (χ3v) is 8.48. The Kier molecular flexibility index (Phi) is 10.1. The second-order valence-electron chi connectivity index (χ2n) is 10.7. The number of nitrogens with one attached hydrogen (secondary N) is 1. The van der Waals surface area contributed by atoms with Gasteiger partial charge in [-0.3, -0.25) is 4.79 Å². The van der Waals surface area contributed by atoms with Gasteiger partial charge in [0, 0.05) is 32.7 Å². The lowest BCUT2D eigenvalue weighted by Gasteiger charge is -2.38. The summed E-state index contributed by atoms with van der Waals surface area (Å²) in [5, 5.41) is 3.27. The van der Waals surface area contributed by atoms with Gasteiger partial charge >= 0.3 is 6.03 Å². The molecular formula is C30H41ClN4O4. The zero-order chi connectivity index (χ0) is 26.4. The molecule has 3 fully saturated rings. The number of halogens is 1. The Labute approximate surface area is 238 Å². The number of piperidine rings is 1. The third-order valence-electron chi connectivity index (χ3n) is 8.48. The fourth-order valence-corrected chi connectivity index (χ4v) is 5.99. The largest absolute Gasteiger partial charge is 0.497 e.